The number of rotatable bonds is 1. The second-order valence-corrected chi connectivity index (χ2v) is 5.80. The molecule has 1 fully saturated rings. The van der Waals surface area contributed by atoms with E-state index in [0.29, 0.717) is 5.69 Å². The number of carbonyl (C=O) groups is 1. The van der Waals surface area contributed by atoms with E-state index in [0.717, 1.165) is 30.3 Å². The van der Waals surface area contributed by atoms with Crippen LogP contribution in [-0.4, -0.2) is 40.4 Å². The minimum absolute atomic E-state index is 0.0989. The van der Waals surface area contributed by atoms with Gasteiger partial charge in [0, 0.05) is 24.2 Å². The first-order valence-electron chi connectivity index (χ1n) is 5.06. The van der Waals surface area contributed by atoms with E-state index in [1.54, 1.807) is 0 Å². The molecule has 1 aliphatic rings. The third-order valence-electron chi connectivity index (χ3n) is 2.35. The monoisotopic (exact) mass is 242 g/mol. The van der Waals surface area contributed by atoms with Crippen LogP contribution >= 0.6 is 23.1 Å². The molecular formula is C10H14N2OS2. The molecule has 1 aromatic rings. The van der Waals surface area contributed by atoms with Crippen molar-refractivity contribution in [3.8, 4) is 0 Å². The van der Waals surface area contributed by atoms with Gasteiger partial charge in [-0.1, -0.05) is 0 Å². The summed E-state index contributed by atoms with van der Waals surface area (Å²) in [5.41, 5.74) is 0.615. The number of hydrogen-bond donors (Lipinski definition) is 0. The smallest absolute Gasteiger partial charge is 0.273 e. The lowest BCUT2D eigenvalue weighted by Crippen LogP contribution is -2.33. The fraction of sp³-hybridized carbons (Fsp3) is 0.600. The Morgan fingerprint density at radius 3 is 3.07 bits per heavy atom. The highest BCUT2D eigenvalue weighted by Gasteiger charge is 2.19. The van der Waals surface area contributed by atoms with Gasteiger partial charge < -0.3 is 4.90 Å². The van der Waals surface area contributed by atoms with Crippen LogP contribution in [0.2, 0.25) is 0 Å². The Labute approximate surface area is 97.9 Å². The summed E-state index contributed by atoms with van der Waals surface area (Å²) >= 11 is 3.46. The number of aryl methyl sites for hydroxylation is 1. The van der Waals surface area contributed by atoms with Crippen LogP contribution in [0.5, 0.6) is 0 Å². The van der Waals surface area contributed by atoms with E-state index in [1.807, 2.05) is 29.0 Å². The Balaban J connectivity index is 2.06. The summed E-state index contributed by atoms with van der Waals surface area (Å²) in [6.45, 7) is 3.67. The van der Waals surface area contributed by atoms with E-state index in [9.17, 15) is 4.79 Å². The van der Waals surface area contributed by atoms with Crippen molar-refractivity contribution in [2.24, 2.45) is 0 Å². The van der Waals surface area contributed by atoms with Crippen molar-refractivity contribution >= 4 is 29.0 Å². The molecule has 1 aromatic heterocycles. The van der Waals surface area contributed by atoms with Gasteiger partial charge in [-0.3, -0.25) is 4.79 Å². The fourth-order valence-corrected chi connectivity index (χ4v) is 3.05. The molecule has 82 valence electrons. The van der Waals surface area contributed by atoms with Gasteiger partial charge in [0.2, 0.25) is 0 Å². The lowest BCUT2D eigenvalue weighted by molar-refractivity contribution is 0.0763. The molecule has 0 N–H and O–H groups in total. The Hall–Kier alpha value is -0.550. The number of nitrogens with zero attached hydrogens (tertiary/aromatic N) is 2. The van der Waals surface area contributed by atoms with E-state index in [1.165, 1.54) is 17.1 Å². The van der Waals surface area contributed by atoms with Crippen LogP contribution in [0.25, 0.3) is 0 Å². The molecule has 1 amide bonds. The Morgan fingerprint density at radius 2 is 2.33 bits per heavy atom. The maximum absolute atomic E-state index is 12.0. The van der Waals surface area contributed by atoms with Crippen molar-refractivity contribution in [2.45, 2.75) is 13.3 Å². The summed E-state index contributed by atoms with van der Waals surface area (Å²) in [6.07, 6.45) is 1.10. The Morgan fingerprint density at radius 1 is 1.47 bits per heavy atom. The second kappa shape index (κ2) is 4.99. The maximum Gasteiger partial charge on any atom is 0.273 e. The van der Waals surface area contributed by atoms with Crippen molar-refractivity contribution in [2.75, 3.05) is 24.6 Å². The zero-order valence-corrected chi connectivity index (χ0v) is 10.4. The summed E-state index contributed by atoms with van der Waals surface area (Å²) in [7, 11) is 0. The standard InChI is InChI=1S/C10H14N2OS2/c1-8-11-9(7-15-8)10(13)12-3-2-5-14-6-4-12/h7H,2-6H2,1H3. The van der Waals surface area contributed by atoms with Crippen LogP contribution in [-0.2, 0) is 0 Å². The summed E-state index contributed by atoms with van der Waals surface area (Å²) < 4.78 is 0. The number of thioether (sulfide) groups is 1. The first kappa shape index (κ1) is 11.0. The zero-order chi connectivity index (χ0) is 10.7. The highest BCUT2D eigenvalue weighted by molar-refractivity contribution is 7.99. The van der Waals surface area contributed by atoms with Gasteiger partial charge in [0.15, 0.2) is 0 Å². The topological polar surface area (TPSA) is 33.2 Å². The molecular weight excluding hydrogens is 228 g/mol. The van der Waals surface area contributed by atoms with E-state index in [-0.39, 0.29) is 5.91 Å². The average molecular weight is 242 g/mol. The van der Waals surface area contributed by atoms with Crippen molar-refractivity contribution in [3.63, 3.8) is 0 Å². The Kier molecular flexibility index (Phi) is 3.64. The molecule has 3 nitrogen and oxygen atoms in total. The number of thiazole rings is 1. The summed E-state index contributed by atoms with van der Waals surface area (Å²) in [6, 6.07) is 0. The van der Waals surface area contributed by atoms with E-state index >= 15 is 0 Å². The second-order valence-electron chi connectivity index (χ2n) is 3.51. The zero-order valence-electron chi connectivity index (χ0n) is 8.73. The van der Waals surface area contributed by atoms with Crippen molar-refractivity contribution in [1.82, 2.24) is 9.88 Å². The molecule has 0 aromatic carbocycles. The number of aromatic nitrogens is 1. The summed E-state index contributed by atoms with van der Waals surface area (Å²) in [4.78, 5) is 18.2. The van der Waals surface area contributed by atoms with Crippen LogP contribution in [0.3, 0.4) is 0 Å². The van der Waals surface area contributed by atoms with Gasteiger partial charge in [0.1, 0.15) is 5.69 Å². The molecule has 0 bridgehead atoms. The highest BCUT2D eigenvalue weighted by atomic mass is 32.2. The normalized spacial score (nSPS) is 17.5. The number of hydrogen-bond acceptors (Lipinski definition) is 4. The number of amides is 1. The summed E-state index contributed by atoms with van der Waals surface area (Å²) in [5, 5.41) is 2.82. The van der Waals surface area contributed by atoms with E-state index in [2.05, 4.69) is 4.98 Å². The minimum Gasteiger partial charge on any atom is -0.336 e. The maximum atomic E-state index is 12.0. The molecule has 5 heteroatoms. The molecule has 0 atom stereocenters. The minimum atomic E-state index is 0.0989. The van der Waals surface area contributed by atoms with Gasteiger partial charge >= 0.3 is 0 Å². The fourth-order valence-electron chi connectivity index (χ4n) is 1.57. The molecule has 0 radical (unpaired) electrons. The SMILES string of the molecule is Cc1nc(C(=O)N2CCCSCC2)cs1. The third kappa shape index (κ3) is 2.72. The van der Waals surface area contributed by atoms with Gasteiger partial charge in [-0.05, 0) is 19.1 Å². The van der Waals surface area contributed by atoms with Crippen LogP contribution in [0.1, 0.15) is 21.9 Å². The summed E-state index contributed by atoms with van der Waals surface area (Å²) in [5.74, 6) is 2.32. The van der Waals surface area contributed by atoms with Gasteiger partial charge in [-0.15, -0.1) is 11.3 Å². The number of carbonyl (C=O) groups excluding carboxylic acids is 1. The lowest BCUT2D eigenvalue weighted by Gasteiger charge is -2.18. The first-order valence-corrected chi connectivity index (χ1v) is 7.10. The predicted octanol–water partition coefficient (Wildman–Crippen LogP) is 2.03. The van der Waals surface area contributed by atoms with E-state index in [4.69, 9.17) is 0 Å². The van der Waals surface area contributed by atoms with E-state index < -0.39 is 0 Å². The molecule has 1 saturated heterocycles. The molecule has 0 saturated carbocycles. The third-order valence-corrected chi connectivity index (χ3v) is 4.17. The molecule has 2 heterocycles. The molecule has 0 aliphatic carbocycles. The molecule has 15 heavy (non-hydrogen) atoms. The van der Waals surface area contributed by atoms with Crippen molar-refractivity contribution in [3.05, 3.63) is 16.1 Å². The van der Waals surface area contributed by atoms with Crippen molar-refractivity contribution in [1.29, 1.82) is 0 Å². The molecule has 2 rings (SSSR count). The van der Waals surface area contributed by atoms with Crippen LogP contribution in [0, 0.1) is 6.92 Å². The predicted molar refractivity (Wildman–Crippen MR) is 64.7 cm³/mol. The first-order chi connectivity index (χ1) is 7.27. The van der Waals surface area contributed by atoms with Crippen LogP contribution < -0.4 is 0 Å². The Bertz CT molecular complexity index is 343. The van der Waals surface area contributed by atoms with Gasteiger partial charge in [0.05, 0.1) is 5.01 Å². The molecule has 0 unspecified atom stereocenters. The molecule has 0 spiro atoms. The van der Waals surface area contributed by atoms with Crippen LogP contribution in [0.15, 0.2) is 5.38 Å². The van der Waals surface area contributed by atoms with Crippen LogP contribution in [0.4, 0.5) is 0 Å². The van der Waals surface area contributed by atoms with Gasteiger partial charge in [0.25, 0.3) is 5.91 Å². The quantitative estimate of drug-likeness (QED) is 0.755. The average Bonchev–Trinajstić information content (AvgIpc) is 2.53. The van der Waals surface area contributed by atoms with Gasteiger partial charge in [-0.2, -0.15) is 11.8 Å². The van der Waals surface area contributed by atoms with Crippen molar-refractivity contribution < 1.29 is 4.79 Å². The van der Waals surface area contributed by atoms with Gasteiger partial charge in [-0.25, -0.2) is 4.98 Å². The lowest BCUT2D eigenvalue weighted by atomic mass is 10.3. The largest absolute Gasteiger partial charge is 0.336 e. The molecule has 1 aliphatic heterocycles. The highest BCUT2D eigenvalue weighted by Crippen LogP contribution is 2.14.